The molecule has 0 fully saturated rings. The molecule has 0 saturated heterocycles. The highest BCUT2D eigenvalue weighted by atomic mass is 16.5. The summed E-state index contributed by atoms with van der Waals surface area (Å²) in [6.07, 6.45) is 1.44. The van der Waals surface area contributed by atoms with Crippen LogP contribution in [0, 0.1) is 6.92 Å². The van der Waals surface area contributed by atoms with E-state index < -0.39 is 0 Å². The second-order valence-corrected chi connectivity index (χ2v) is 17.0. The van der Waals surface area contributed by atoms with Crippen molar-refractivity contribution in [3.8, 4) is 45.3 Å². The van der Waals surface area contributed by atoms with E-state index in [9.17, 15) is 33.6 Å². The predicted octanol–water partition coefficient (Wildman–Crippen LogP) is 13.8. The quantitative estimate of drug-likeness (QED) is 0.0901. The largest absolute Gasteiger partial charge is 0.497 e. The lowest BCUT2D eigenvalue weighted by Gasteiger charge is -2.06. The predicted molar refractivity (Wildman–Crippen MR) is 293 cm³/mol. The van der Waals surface area contributed by atoms with E-state index in [1.165, 1.54) is 50.1 Å². The van der Waals surface area contributed by atoms with Crippen LogP contribution in [0.25, 0.3) is 22.3 Å². The van der Waals surface area contributed by atoms with E-state index in [-0.39, 0.29) is 40.5 Å². The molecule has 0 radical (unpaired) electrons. The number of hydrogen-bond donors (Lipinski definition) is 0. The van der Waals surface area contributed by atoms with Crippen molar-refractivity contribution in [2.75, 3.05) is 28.4 Å². The van der Waals surface area contributed by atoms with Crippen LogP contribution in [-0.4, -0.2) is 68.9 Å². The van der Waals surface area contributed by atoms with Gasteiger partial charge >= 0.3 is 0 Å². The Balaban J connectivity index is 0.000000246. The summed E-state index contributed by atoms with van der Waals surface area (Å²) in [4.78, 5) is 77.7. The van der Waals surface area contributed by atoms with Crippen LogP contribution in [0.4, 0.5) is 0 Å². The molecule has 0 aliphatic carbocycles. The molecule has 11 heteroatoms. The van der Waals surface area contributed by atoms with Crippen molar-refractivity contribution in [2.45, 2.75) is 68.2 Å². The van der Waals surface area contributed by atoms with Crippen LogP contribution < -0.4 is 18.9 Å². The topological polar surface area (TPSA) is 156 Å². The Morgan fingerprint density at radius 2 is 0.622 bits per heavy atom. The molecular formula is C63H66O11. The Labute approximate surface area is 435 Å². The Hall–Kier alpha value is -8.57. The van der Waals surface area contributed by atoms with Gasteiger partial charge in [-0.2, -0.15) is 0 Å². The maximum absolute atomic E-state index is 11.2. The van der Waals surface area contributed by atoms with Crippen LogP contribution in [0.2, 0.25) is 0 Å². The van der Waals surface area contributed by atoms with E-state index in [0.29, 0.717) is 34.2 Å². The number of ether oxygens (including phenoxy) is 4. The van der Waals surface area contributed by atoms with Gasteiger partial charge < -0.3 is 23.7 Å². The molecule has 0 heterocycles. The number of Topliss-reactive ketones (excluding diaryl/α,β-unsaturated/α-hetero) is 7. The highest BCUT2D eigenvalue weighted by Gasteiger charge is 2.10. The van der Waals surface area contributed by atoms with Crippen molar-refractivity contribution in [3.05, 3.63) is 202 Å². The molecule has 7 aromatic carbocycles. The van der Waals surface area contributed by atoms with Crippen LogP contribution in [0.15, 0.2) is 158 Å². The molecule has 0 saturated carbocycles. The molecule has 0 unspecified atom stereocenters. The van der Waals surface area contributed by atoms with E-state index >= 15 is 0 Å². The summed E-state index contributed by atoms with van der Waals surface area (Å²) < 4.78 is 20.3. The normalized spacial score (nSPS) is 9.84. The first-order chi connectivity index (χ1) is 35.2. The fraction of sp³-hybridized carbons (Fsp3) is 0.222. The molecule has 0 N–H and O–H groups in total. The molecule has 0 amide bonds. The molecule has 0 spiro atoms. The summed E-state index contributed by atoms with van der Waals surface area (Å²) in [5, 5.41) is 0. The minimum Gasteiger partial charge on any atom is -0.497 e. The van der Waals surface area contributed by atoms with Crippen molar-refractivity contribution >= 4 is 40.5 Å². The van der Waals surface area contributed by atoms with Gasteiger partial charge in [0.15, 0.2) is 46.2 Å². The third-order valence-electron chi connectivity index (χ3n) is 11.2. The van der Waals surface area contributed by atoms with Gasteiger partial charge in [-0.15, -0.1) is 0 Å². The molecule has 384 valence electrons. The molecule has 0 atom stereocenters. The molecule has 0 aromatic heterocycles. The molecule has 74 heavy (non-hydrogen) atoms. The van der Waals surface area contributed by atoms with Crippen LogP contribution in [-0.2, 0) is 11.2 Å². The van der Waals surface area contributed by atoms with E-state index in [4.69, 9.17) is 18.9 Å². The molecule has 7 aromatic rings. The highest BCUT2D eigenvalue weighted by molar-refractivity contribution is 6.04. The maximum Gasteiger partial charge on any atom is 0.160 e. The monoisotopic (exact) mass is 998 g/mol. The summed E-state index contributed by atoms with van der Waals surface area (Å²) in [5.74, 6) is 3.25. The lowest BCUT2D eigenvalue weighted by molar-refractivity contribution is -0.117. The first kappa shape index (κ1) is 59.7. The Morgan fingerprint density at radius 3 is 0.892 bits per heavy atom. The van der Waals surface area contributed by atoms with Crippen LogP contribution in [0.5, 0.6) is 23.0 Å². The van der Waals surface area contributed by atoms with Crippen molar-refractivity contribution in [3.63, 3.8) is 0 Å². The molecule has 11 nitrogen and oxygen atoms in total. The van der Waals surface area contributed by atoms with Gasteiger partial charge in [-0.25, -0.2) is 0 Å². The number of carbonyl (C=O) groups is 7. The number of aryl methyl sites for hydroxylation is 2. The Bertz CT molecular complexity index is 2850. The van der Waals surface area contributed by atoms with Crippen LogP contribution >= 0.6 is 0 Å². The SMILES string of the molecule is CC(=O)c1cc(C(C)=O)cc(C(C)=O)c1.CC(=O)c1ccc(-c2ccc(C(C)=O)cc2)cc1.COc1ccc(-c2ccc(C(C)=O)cc2)cc1.COc1ccc(C)cc1OC.COc1ccc(CCC(C)=O)cc1. The summed E-state index contributed by atoms with van der Waals surface area (Å²) in [6, 6.07) is 48.6. The Morgan fingerprint density at radius 1 is 0.324 bits per heavy atom. The smallest absolute Gasteiger partial charge is 0.160 e. The third kappa shape index (κ3) is 19.9. The zero-order chi connectivity index (χ0) is 54.9. The van der Waals surface area contributed by atoms with E-state index in [1.54, 1.807) is 56.1 Å². The minimum absolute atomic E-state index is 0.0634. The molecular weight excluding hydrogens is 933 g/mol. The van der Waals surface area contributed by atoms with Crippen molar-refractivity contribution in [1.29, 1.82) is 0 Å². The lowest BCUT2D eigenvalue weighted by atomic mass is 10.00. The Kier molecular flexibility index (Phi) is 24.5. The van der Waals surface area contributed by atoms with Gasteiger partial charge in [0.05, 0.1) is 28.4 Å². The first-order valence-electron chi connectivity index (χ1n) is 23.7. The summed E-state index contributed by atoms with van der Waals surface area (Å²) in [5.41, 5.74) is 9.97. The van der Waals surface area contributed by atoms with Crippen molar-refractivity contribution in [1.82, 2.24) is 0 Å². The lowest BCUT2D eigenvalue weighted by Crippen LogP contribution is -2.03. The zero-order valence-corrected chi connectivity index (χ0v) is 44.4. The number of ketones is 7. The van der Waals surface area contributed by atoms with Gasteiger partial charge in [0.2, 0.25) is 0 Å². The second kappa shape index (κ2) is 30.3. The van der Waals surface area contributed by atoms with Crippen LogP contribution in [0.1, 0.15) is 128 Å². The number of rotatable bonds is 15. The fourth-order valence-electron chi connectivity index (χ4n) is 6.77. The maximum atomic E-state index is 11.2. The average Bonchev–Trinajstić information content (AvgIpc) is 3.41. The fourth-order valence-corrected chi connectivity index (χ4v) is 6.77. The number of benzene rings is 7. The van der Waals surface area contributed by atoms with E-state index in [1.807, 2.05) is 146 Å². The van der Waals surface area contributed by atoms with Crippen molar-refractivity contribution in [2.24, 2.45) is 0 Å². The number of hydrogen-bond acceptors (Lipinski definition) is 11. The summed E-state index contributed by atoms with van der Waals surface area (Å²) >= 11 is 0. The minimum atomic E-state index is -0.152. The van der Waals surface area contributed by atoms with Gasteiger partial charge in [-0.1, -0.05) is 103 Å². The van der Waals surface area contributed by atoms with Crippen LogP contribution in [0.3, 0.4) is 0 Å². The first-order valence-corrected chi connectivity index (χ1v) is 23.7. The van der Waals surface area contributed by atoms with E-state index in [2.05, 4.69) is 0 Å². The summed E-state index contributed by atoms with van der Waals surface area (Å²) in [6.45, 7) is 12.5. The van der Waals surface area contributed by atoms with Crippen molar-refractivity contribution < 1.29 is 52.5 Å². The third-order valence-corrected chi connectivity index (χ3v) is 11.2. The average molecular weight is 999 g/mol. The summed E-state index contributed by atoms with van der Waals surface area (Å²) in [7, 11) is 6.56. The van der Waals surface area contributed by atoms with Gasteiger partial charge in [-0.3, -0.25) is 28.8 Å². The van der Waals surface area contributed by atoms with Gasteiger partial charge in [0, 0.05) is 39.8 Å². The molecule has 0 aliphatic rings. The molecule has 7 rings (SSSR count). The zero-order valence-electron chi connectivity index (χ0n) is 44.4. The van der Waals surface area contributed by atoms with Gasteiger partial charge in [-0.05, 0) is 150 Å². The highest BCUT2D eigenvalue weighted by Crippen LogP contribution is 2.27. The number of carbonyl (C=O) groups excluding carboxylic acids is 7. The number of methoxy groups -OCH3 is 4. The second-order valence-electron chi connectivity index (χ2n) is 17.0. The molecule has 0 bridgehead atoms. The van der Waals surface area contributed by atoms with E-state index in [0.717, 1.165) is 57.2 Å². The van der Waals surface area contributed by atoms with Gasteiger partial charge in [0.1, 0.15) is 17.3 Å². The molecule has 0 aliphatic heterocycles. The standard InChI is InChI=1S/C16H14O2.C15H14O2.C12H12O3.C11H14O2.C9H12O2/c1-11(17)13-3-7-15(8-4-13)16-9-5-14(6-10-16)12(2)18;1-11(16)12-3-5-13(6-4-12)14-7-9-15(17-2)10-8-14;1-7(13)10-4-11(8(2)14)6-12(5-10)9(3)15;1-9(12)3-4-10-5-7-11(13-2)8-6-10;1-7-4-5-8(10-2)9(6-7)11-3/h3-10H,1-2H3;3-10H,1-2H3;4-6H,1-3H3;5-8H,3-4H2,1-2H3;4-6H,1-3H3. The van der Waals surface area contributed by atoms with Gasteiger partial charge in [0.25, 0.3) is 0 Å².